The van der Waals surface area contributed by atoms with Crippen LogP contribution in [0.15, 0.2) is 18.2 Å². The van der Waals surface area contributed by atoms with Gasteiger partial charge in [0.25, 0.3) is 0 Å². The molecule has 0 saturated heterocycles. The van der Waals surface area contributed by atoms with Gasteiger partial charge >= 0.3 is 0 Å². The molecule has 0 aliphatic heterocycles. The molecule has 0 saturated carbocycles. The quantitative estimate of drug-likeness (QED) is 0.797. The van der Waals surface area contributed by atoms with Crippen molar-refractivity contribution in [3.05, 3.63) is 34.5 Å². The van der Waals surface area contributed by atoms with Gasteiger partial charge in [-0.2, -0.15) is 0 Å². The molecule has 2 aromatic rings. The lowest BCUT2D eigenvalue weighted by molar-refractivity contribution is 0.101. The van der Waals surface area contributed by atoms with E-state index in [2.05, 4.69) is 0 Å². The molecule has 0 unspecified atom stereocenters. The molecule has 0 radical (unpaired) electrons. The van der Waals surface area contributed by atoms with Gasteiger partial charge in [-0.3, -0.25) is 4.79 Å². The zero-order valence-corrected chi connectivity index (χ0v) is 11.8. The van der Waals surface area contributed by atoms with Crippen LogP contribution in [-0.4, -0.2) is 24.4 Å². The minimum absolute atomic E-state index is 0.147. The molecule has 0 bridgehead atoms. The molecule has 1 aromatic carbocycles. The average Bonchev–Trinajstić information content (AvgIpc) is 2.56. The number of carbonyl (C=O) groups excluding carboxylic acids is 1. The second-order valence-corrected chi connectivity index (χ2v) is 6.51. The van der Waals surface area contributed by atoms with E-state index >= 15 is 0 Å². The van der Waals surface area contributed by atoms with Crippen LogP contribution in [0.4, 0.5) is 0 Å². The number of benzene rings is 1. The maximum absolute atomic E-state index is 11.8. The van der Waals surface area contributed by atoms with Gasteiger partial charge in [0.2, 0.25) is 10.0 Å². The Morgan fingerprint density at radius 1 is 1.28 bits per heavy atom. The fraction of sp³-hybridized carbons (Fsp3) is 0.250. The zero-order chi connectivity index (χ0) is 13.7. The highest BCUT2D eigenvalue weighted by atomic mass is 35.5. The van der Waals surface area contributed by atoms with Crippen molar-refractivity contribution in [2.24, 2.45) is 0 Å². The Hall–Kier alpha value is -1.33. The van der Waals surface area contributed by atoms with Gasteiger partial charge in [0, 0.05) is 17.3 Å². The highest BCUT2D eigenvalue weighted by molar-refractivity contribution is 7.89. The number of ketones is 1. The van der Waals surface area contributed by atoms with Crippen LogP contribution in [0, 0.1) is 6.92 Å². The standard InChI is InChI=1S/C12H12ClNO3S/c1-7-4-12-9(5-10(7)13)6-11(8(2)15)14(12)18(3,16)17/h4-6H,1-3H3. The zero-order valence-electron chi connectivity index (χ0n) is 10.2. The molecule has 0 amide bonds. The van der Waals surface area contributed by atoms with E-state index in [1.54, 1.807) is 25.1 Å². The van der Waals surface area contributed by atoms with Crippen molar-refractivity contribution < 1.29 is 13.2 Å². The van der Waals surface area contributed by atoms with Crippen LogP contribution in [0.3, 0.4) is 0 Å². The lowest BCUT2D eigenvalue weighted by Gasteiger charge is -2.06. The lowest BCUT2D eigenvalue weighted by Crippen LogP contribution is -2.15. The Bertz CT molecular complexity index is 759. The van der Waals surface area contributed by atoms with E-state index in [4.69, 9.17) is 11.6 Å². The number of rotatable bonds is 2. The topological polar surface area (TPSA) is 56.1 Å². The van der Waals surface area contributed by atoms with Gasteiger partial charge in [-0.15, -0.1) is 0 Å². The van der Waals surface area contributed by atoms with Crippen molar-refractivity contribution in [3.63, 3.8) is 0 Å². The van der Waals surface area contributed by atoms with Crippen LogP contribution >= 0.6 is 11.6 Å². The third kappa shape index (κ3) is 2.04. The summed E-state index contributed by atoms with van der Waals surface area (Å²) in [5, 5.41) is 1.18. The number of Topliss-reactive ketones (excluding diaryl/α,β-unsaturated/α-hetero) is 1. The first-order valence-electron chi connectivity index (χ1n) is 5.25. The molecule has 4 nitrogen and oxygen atoms in total. The summed E-state index contributed by atoms with van der Waals surface area (Å²) >= 11 is 6.00. The van der Waals surface area contributed by atoms with Crippen LogP contribution in [-0.2, 0) is 10.0 Å². The molecule has 0 atom stereocenters. The molecule has 0 fully saturated rings. The van der Waals surface area contributed by atoms with Crippen LogP contribution in [0.25, 0.3) is 10.9 Å². The number of halogens is 1. The second-order valence-electron chi connectivity index (χ2n) is 4.27. The third-order valence-electron chi connectivity index (χ3n) is 2.73. The fourth-order valence-electron chi connectivity index (χ4n) is 1.91. The molecule has 0 aliphatic carbocycles. The van der Waals surface area contributed by atoms with Crippen molar-refractivity contribution >= 4 is 38.3 Å². The Morgan fingerprint density at radius 2 is 1.89 bits per heavy atom. The van der Waals surface area contributed by atoms with Crippen molar-refractivity contribution in [2.45, 2.75) is 13.8 Å². The highest BCUT2D eigenvalue weighted by Gasteiger charge is 2.19. The number of hydrogen-bond acceptors (Lipinski definition) is 3. The van der Waals surface area contributed by atoms with Gasteiger partial charge in [0.05, 0.1) is 11.8 Å². The highest BCUT2D eigenvalue weighted by Crippen LogP contribution is 2.27. The number of aryl methyl sites for hydroxylation is 1. The van der Waals surface area contributed by atoms with Gasteiger partial charge in [0.1, 0.15) is 5.69 Å². The molecule has 1 heterocycles. The average molecular weight is 286 g/mol. The monoisotopic (exact) mass is 285 g/mol. The second kappa shape index (κ2) is 4.10. The maximum atomic E-state index is 11.8. The van der Waals surface area contributed by atoms with Gasteiger partial charge in [0.15, 0.2) is 5.78 Å². The predicted molar refractivity (Wildman–Crippen MR) is 71.9 cm³/mol. The van der Waals surface area contributed by atoms with E-state index < -0.39 is 10.0 Å². The Kier molecular flexibility index (Phi) is 2.99. The summed E-state index contributed by atoms with van der Waals surface area (Å²) in [5.74, 6) is -0.301. The third-order valence-corrected chi connectivity index (χ3v) is 4.19. The van der Waals surface area contributed by atoms with Crippen LogP contribution in [0.2, 0.25) is 5.02 Å². The fourth-order valence-corrected chi connectivity index (χ4v) is 3.14. The van der Waals surface area contributed by atoms with Crippen LogP contribution in [0.5, 0.6) is 0 Å². The van der Waals surface area contributed by atoms with Crippen LogP contribution in [0.1, 0.15) is 23.0 Å². The summed E-state index contributed by atoms with van der Waals surface area (Å²) in [6.45, 7) is 3.12. The van der Waals surface area contributed by atoms with Gasteiger partial charge < -0.3 is 0 Å². The smallest absolute Gasteiger partial charge is 0.236 e. The predicted octanol–water partition coefficient (Wildman–Crippen LogP) is 2.61. The number of hydrogen-bond donors (Lipinski definition) is 0. The first-order valence-corrected chi connectivity index (χ1v) is 7.47. The normalized spacial score (nSPS) is 12.0. The largest absolute Gasteiger partial charge is 0.293 e. The molecular formula is C12H12ClNO3S. The molecular weight excluding hydrogens is 274 g/mol. The summed E-state index contributed by atoms with van der Waals surface area (Å²) in [5.41, 5.74) is 1.39. The maximum Gasteiger partial charge on any atom is 0.236 e. The molecule has 96 valence electrons. The van der Waals surface area contributed by atoms with Gasteiger partial charge in [-0.1, -0.05) is 11.6 Å². The molecule has 0 N–H and O–H groups in total. The number of aromatic nitrogens is 1. The van der Waals surface area contributed by atoms with E-state index in [1.807, 2.05) is 0 Å². The molecule has 0 spiro atoms. The minimum atomic E-state index is -3.54. The summed E-state index contributed by atoms with van der Waals surface area (Å²) in [7, 11) is -3.54. The molecule has 1 aromatic heterocycles. The summed E-state index contributed by atoms with van der Waals surface area (Å²) in [6, 6.07) is 4.88. The van der Waals surface area contributed by atoms with Crippen molar-refractivity contribution in [1.29, 1.82) is 0 Å². The van der Waals surface area contributed by atoms with E-state index in [0.29, 0.717) is 15.9 Å². The summed E-state index contributed by atoms with van der Waals surface area (Å²) < 4.78 is 24.7. The Morgan fingerprint density at radius 3 is 2.39 bits per heavy atom. The van der Waals surface area contributed by atoms with E-state index in [9.17, 15) is 13.2 Å². The molecule has 18 heavy (non-hydrogen) atoms. The van der Waals surface area contributed by atoms with Crippen molar-refractivity contribution in [3.8, 4) is 0 Å². The van der Waals surface area contributed by atoms with Gasteiger partial charge in [-0.05, 0) is 30.7 Å². The van der Waals surface area contributed by atoms with Crippen molar-refractivity contribution in [2.75, 3.05) is 6.26 Å². The van der Waals surface area contributed by atoms with E-state index in [0.717, 1.165) is 15.8 Å². The molecule has 2 rings (SSSR count). The first-order chi connectivity index (χ1) is 8.21. The van der Waals surface area contributed by atoms with E-state index in [1.165, 1.54) is 6.92 Å². The summed E-state index contributed by atoms with van der Waals surface area (Å²) in [4.78, 5) is 11.5. The molecule has 0 aliphatic rings. The number of carbonyl (C=O) groups is 1. The lowest BCUT2D eigenvalue weighted by atomic mass is 10.2. The number of nitrogens with zero attached hydrogens (tertiary/aromatic N) is 1. The molecule has 6 heteroatoms. The van der Waals surface area contributed by atoms with Crippen LogP contribution < -0.4 is 0 Å². The number of fused-ring (bicyclic) bond motifs is 1. The Balaban J connectivity index is 3.00. The Labute approximate surface area is 110 Å². The first kappa shape index (κ1) is 13.1. The van der Waals surface area contributed by atoms with Gasteiger partial charge in [-0.25, -0.2) is 12.4 Å². The van der Waals surface area contributed by atoms with Crippen molar-refractivity contribution in [1.82, 2.24) is 3.97 Å². The SMILES string of the molecule is CC(=O)c1cc2cc(Cl)c(C)cc2n1S(C)(=O)=O. The minimum Gasteiger partial charge on any atom is -0.293 e. The van der Waals surface area contributed by atoms with E-state index in [-0.39, 0.29) is 11.5 Å². The summed E-state index contributed by atoms with van der Waals surface area (Å²) in [6.07, 6.45) is 1.07.